The fraction of sp³-hybridized carbons (Fsp3) is 1.00. The summed E-state index contributed by atoms with van der Waals surface area (Å²) < 4.78 is 5.60. The number of hydrogen-bond donors (Lipinski definition) is 1. The average molecular weight is 227 g/mol. The summed E-state index contributed by atoms with van der Waals surface area (Å²) in [6, 6.07) is 0.653. The van der Waals surface area contributed by atoms with Crippen LogP contribution >= 0.6 is 0 Å². The Morgan fingerprint density at radius 3 is 2.88 bits per heavy atom. The zero-order chi connectivity index (χ0) is 11.4. The lowest BCUT2D eigenvalue weighted by Crippen LogP contribution is -2.54. The number of ether oxygens (including phenoxy) is 1. The van der Waals surface area contributed by atoms with E-state index in [0.29, 0.717) is 12.1 Å². The summed E-state index contributed by atoms with van der Waals surface area (Å²) in [5, 5.41) is 3.55. The monoisotopic (exact) mass is 227 g/mol. The summed E-state index contributed by atoms with van der Waals surface area (Å²) >= 11 is 0. The molecule has 2 atom stereocenters. The maximum atomic E-state index is 5.60. The number of piperazine rings is 1. The predicted octanol–water partition coefficient (Wildman–Crippen LogP) is 0.000800. The van der Waals surface area contributed by atoms with Gasteiger partial charge in [0.05, 0.1) is 6.10 Å². The first-order valence-electron chi connectivity index (χ1n) is 6.47. The van der Waals surface area contributed by atoms with Gasteiger partial charge in [0, 0.05) is 45.4 Å². The number of likely N-dealkylation sites (N-methyl/N-ethyl adjacent to an activating group) is 2. The van der Waals surface area contributed by atoms with Crippen molar-refractivity contribution in [1.29, 1.82) is 0 Å². The van der Waals surface area contributed by atoms with Gasteiger partial charge in [0.2, 0.25) is 0 Å². The van der Waals surface area contributed by atoms with Gasteiger partial charge in [-0.3, -0.25) is 4.90 Å². The molecule has 0 aromatic carbocycles. The molecule has 0 aliphatic carbocycles. The van der Waals surface area contributed by atoms with E-state index in [1.54, 1.807) is 0 Å². The van der Waals surface area contributed by atoms with Crippen LogP contribution in [0.15, 0.2) is 0 Å². The number of nitrogens with zero attached hydrogens (tertiary/aromatic N) is 2. The van der Waals surface area contributed by atoms with Crippen LogP contribution in [0.4, 0.5) is 0 Å². The summed E-state index contributed by atoms with van der Waals surface area (Å²) in [6.07, 6.45) is 2.93. The smallest absolute Gasteiger partial charge is 0.0700 e. The molecule has 2 fully saturated rings. The van der Waals surface area contributed by atoms with Gasteiger partial charge in [-0.2, -0.15) is 0 Å². The molecule has 0 saturated carbocycles. The SMILES string of the molecule is CN1CCN(C)C(CNCC2CCCO2)C1. The molecule has 0 amide bonds. The Morgan fingerprint density at radius 2 is 2.12 bits per heavy atom. The Morgan fingerprint density at radius 1 is 1.25 bits per heavy atom. The van der Waals surface area contributed by atoms with Crippen LogP contribution in [0.2, 0.25) is 0 Å². The van der Waals surface area contributed by atoms with Crippen LogP contribution < -0.4 is 5.32 Å². The molecular formula is C12H25N3O. The van der Waals surface area contributed by atoms with Crippen molar-refractivity contribution in [1.82, 2.24) is 15.1 Å². The third-order valence-electron chi connectivity index (χ3n) is 3.76. The van der Waals surface area contributed by atoms with Crippen molar-refractivity contribution in [2.75, 3.05) is 53.4 Å². The van der Waals surface area contributed by atoms with Gasteiger partial charge in [0.15, 0.2) is 0 Å². The zero-order valence-corrected chi connectivity index (χ0v) is 10.6. The average Bonchev–Trinajstić information content (AvgIpc) is 2.76. The number of nitrogens with one attached hydrogen (secondary N) is 1. The lowest BCUT2D eigenvalue weighted by molar-refractivity contribution is 0.0942. The Hall–Kier alpha value is -0.160. The second-order valence-electron chi connectivity index (χ2n) is 5.19. The van der Waals surface area contributed by atoms with Crippen molar-refractivity contribution in [3.8, 4) is 0 Å². The van der Waals surface area contributed by atoms with Gasteiger partial charge in [0.25, 0.3) is 0 Å². The Balaban J connectivity index is 1.63. The Kier molecular flexibility index (Phi) is 4.58. The first kappa shape index (κ1) is 12.3. The molecule has 0 spiro atoms. The Labute approximate surface area is 98.9 Å². The maximum absolute atomic E-state index is 5.60. The summed E-state index contributed by atoms with van der Waals surface area (Å²) in [4.78, 5) is 4.88. The minimum absolute atomic E-state index is 0.464. The first-order chi connectivity index (χ1) is 7.75. The fourth-order valence-electron chi connectivity index (χ4n) is 2.54. The van der Waals surface area contributed by atoms with Gasteiger partial charge in [-0.1, -0.05) is 0 Å². The molecule has 2 rings (SSSR count). The second kappa shape index (κ2) is 5.96. The standard InChI is InChI=1S/C12H25N3O/c1-14-5-6-15(2)11(10-14)8-13-9-12-4-3-7-16-12/h11-13H,3-10H2,1-2H3. The quantitative estimate of drug-likeness (QED) is 0.732. The third kappa shape index (κ3) is 3.42. The maximum Gasteiger partial charge on any atom is 0.0700 e. The van der Waals surface area contributed by atoms with E-state index in [9.17, 15) is 0 Å². The zero-order valence-electron chi connectivity index (χ0n) is 10.6. The molecule has 2 aliphatic heterocycles. The van der Waals surface area contributed by atoms with Crippen LogP contribution in [-0.4, -0.2) is 75.4 Å². The summed E-state index contributed by atoms with van der Waals surface area (Å²) in [5.41, 5.74) is 0. The van der Waals surface area contributed by atoms with Gasteiger partial charge in [0.1, 0.15) is 0 Å². The molecule has 0 radical (unpaired) electrons. The number of hydrogen-bond acceptors (Lipinski definition) is 4. The van der Waals surface area contributed by atoms with Crippen LogP contribution in [0.1, 0.15) is 12.8 Å². The minimum Gasteiger partial charge on any atom is -0.377 e. The van der Waals surface area contributed by atoms with Crippen molar-refractivity contribution in [2.24, 2.45) is 0 Å². The van der Waals surface area contributed by atoms with Crippen LogP contribution in [0.5, 0.6) is 0 Å². The molecule has 16 heavy (non-hydrogen) atoms. The van der Waals surface area contributed by atoms with Crippen molar-refractivity contribution in [3.63, 3.8) is 0 Å². The van der Waals surface area contributed by atoms with E-state index in [1.165, 1.54) is 32.5 Å². The summed E-state index contributed by atoms with van der Waals surface area (Å²) in [7, 11) is 4.44. The minimum atomic E-state index is 0.464. The molecule has 0 aromatic rings. The third-order valence-corrected chi connectivity index (χ3v) is 3.76. The fourth-order valence-corrected chi connectivity index (χ4v) is 2.54. The lowest BCUT2D eigenvalue weighted by atomic mass is 10.2. The molecule has 0 aromatic heterocycles. The molecule has 4 heteroatoms. The van der Waals surface area contributed by atoms with Crippen LogP contribution in [0.25, 0.3) is 0 Å². The normalized spacial score (nSPS) is 33.4. The van der Waals surface area contributed by atoms with E-state index < -0.39 is 0 Å². The van der Waals surface area contributed by atoms with Crippen molar-refractivity contribution in [3.05, 3.63) is 0 Å². The highest BCUT2D eigenvalue weighted by atomic mass is 16.5. The molecule has 0 bridgehead atoms. The van der Waals surface area contributed by atoms with Crippen molar-refractivity contribution in [2.45, 2.75) is 25.0 Å². The van der Waals surface area contributed by atoms with Gasteiger partial charge in [-0.05, 0) is 26.9 Å². The molecule has 94 valence electrons. The molecule has 2 heterocycles. The van der Waals surface area contributed by atoms with E-state index >= 15 is 0 Å². The topological polar surface area (TPSA) is 27.7 Å². The molecule has 2 saturated heterocycles. The van der Waals surface area contributed by atoms with Gasteiger partial charge < -0.3 is 15.0 Å². The van der Waals surface area contributed by atoms with Crippen molar-refractivity contribution >= 4 is 0 Å². The molecule has 2 aliphatic rings. The molecule has 1 N–H and O–H groups in total. The highest BCUT2D eigenvalue weighted by molar-refractivity contribution is 4.81. The van der Waals surface area contributed by atoms with E-state index in [-0.39, 0.29) is 0 Å². The van der Waals surface area contributed by atoms with Gasteiger partial charge in [-0.15, -0.1) is 0 Å². The van der Waals surface area contributed by atoms with Crippen LogP contribution in [0.3, 0.4) is 0 Å². The second-order valence-corrected chi connectivity index (χ2v) is 5.19. The predicted molar refractivity (Wildman–Crippen MR) is 65.8 cm³/mol. The van der Waals surface area contributed by atoms with E-state index in [4.69, 9.17) is 4.74 Å². The van der Waals surface area contributed by atoms with Crippen LogP contribution in [0, 0.1) is 0 Å². The van der Waals surface area contributed by atoms with Crippen molar-refractivity contribution < 1.29 is 4.74 Å². The highest BCUT2D eigenvalue weighted by Gasteiger charge is 2.22. The van der Waals surface area contributed by atoms with E-state index in [1.807, 2.05) is 0 Å². The first-order valence-corrected chi connectivity index (χ1v) is 6.47. The van der Waals surface area contributed by atoms with E-state index in [0.717, 1.165) is 19.7 Å². The van der Waals surface area contributed by atoms with Gasteiger partial charge in [-0.25, -0.2) is 0 Å². The lowest BCUT2D eigenvalue weighted by Gasteiger charge is -2.38. The number of rotatable bonds is 4. The van der Waals surface area contributed by atoms with Gasteiger partial charge >= 0.3 is 0 Å². The molecular weight excluding hydrogens is 202 g/mol. The largest absolute Gasteiger partial charge is 0.377 e. The Bertz CT molecular complexity index is 206. The van der Waals surface area contributed by atoms with Crippen LogP contribution in [-0.2, 0) is 4.74 Å². The summed E-state index contributed by atoms with van der Waals surface area (Å²) in [5.74, 6) is 0. The van der Waals surface area contributed by atoms with E-state index in [2.05, 4.69) is 29.2 Å². The molecule has 4 nitrogen and oxygen atoms in total. The highest BCUT2D eigenvalue weighted by Crippen LogP contribution is 2.11. The summed E-state index contributed by atoms with van der Waals surface area (Å²) in [6.45, 7) is 6.61. The molecule has 2 unspecified atom stereocenters.